The number of ether oxygens (including phenoxy) is 1. The lowest BCUT2D eigenvalue weighted by molar-refractivity contribution is -0.0864. The molecule has 1 fully saturated rings. The third-order valence-electron chi connectivity index (χ3n) is 4.35. The van der Waals surface area contributed by atoms with E-state index in [9.17, 15) is 9.90 Å². The van der Waals surface area contributed by atoms with Crippen molar-refractivity contribution in [3.63, 3.8) is 0 Å². The maximum atomic E-state index is 11.4. The van der Waals surface area contributed by atoms with Crippen molar-refractivity contribution < 1.29 is 14.6 Å². The monoisotopic (exact) mass is 355 g/mol. The Kier molecular flexibility index (Phi) is 5.27. The standard InChI is InChI=1S/C16H22BrNO3/c1-3-16(4-2)10-12(7-8-21-16)18-14-6-5-11(17)9-13(14)15(19)20/h5-6,9,12,18H,3-4,7-8,10H2,1-2H3,(H,19,20). The van der Waals surface area contributed by atoms with Gasteiger partial charge in [0.2, 0.25) is 0 Å². The minimum atomic E-state index is -0.914. The molecule has 0 spiro atoms. The Bertz CT molecular complexity index is 514. The smallest absolute Gasteiger partial charge is 0.337 e. The summed E-state index contributed by atoms with van der Waals surface area (Å²) < 4.78 is 6.74. The van der Waals surface area contributed by atoms with Crippen LogP contribution >= 0.6 is 15.9 Å². The number of nitrogens with one attached hydrogen (secondary N) is 1. The fourth-order valence-corrected chi connectivity index (χ4v) is 3.29. The van der Waals surface area contributed by atoms with Crippen molar-refractivity contribution in [2.24, 2.45) is 0 Å². The number of carboxylic acids is 1. The van der Waals surface area contributed by atoms with Gasteiger partial charge in [0.05, 0.1) is 11.2 Å². The van der Waals surface area contributed by atoms with E-state index in [-0.39, 0.29) is 11.6 Å². The molecule has 0 bridgehead atoms. The zero-order chi connectivity index (χ0) is 15.5. The summed E-state index contributed by atoms with van der Waals surface area (Å²) in [6.07, 6.45) is 3.77. The first-order valence-electron chi connectivity index (χ1n) is 7.43. The lowest BCUT2D eigenvalue weighted by atomic mass is 9.85. The Morgan fingerprint density at radius 3 is 2.81 bits per heavy atom. The van der Waals surface area contributed by atoms with Gasteiger partial charge >= 0.3 is 5.97 Å². The molecule has 4 nitrogen and oxygen atoms in total. The molecule has 1 aliphatic rings. The summed E-state index contributed by atoms with van der Waals surface area (Å²) in [6.45, 7) is 5.01. The summed E-state index contributed by atoms with van der Waals surface area (Å²) in [5, 5.41) is 12.7. The summed E-state index contributed by atoms with van der Waals surface area (Å²) in [4.78, 5) is 11.4. The summed E-state index contributed by atoms with van der Waals surface area (Å²) in [6, 6.07) is 5.57. The second-order valence-electron chi connectivity index (χ2n) is 5.57. The zero-order valence-electron chi connectivity index (χ0n) is 12.5. The van der Waals surface area contributed by atoms with Crippen LogP contribution in [0.15, 0.2) is 22.7 Å². The molecule has 1 aromatic carbocycles. The summed E-state index contributed by atoms with van der Waals surface area (Å²) in [5.41, 5.74) is 0.905. The third kappa shape index (κ3) is 3.77. The Hall–Kier alpha value is -1.07. The van der Waals surface area contributed by atoms with E-state index < -0.39 is 5.97 Å². The highest BCUT2D eigenvalue weighted by molar-refractivity contribution is 9.10. The van der Waals surface area contributed by atoms with Gasteiger partial charge in [-0.05, 0) is 43.9 Å². The number of halogens is 1. The van der Waals surface area contributed by atoms with Gasteiger partial charge in [0.15, 0.2) is 0 Å². The zero-order valence-corrected chi connectivity index (χ0v) is 14.1. The van der Waals surface area contributed by atoms with E-state index in [1.165, 1.54) is 0 Å². The highest BCUT2D eigenvalue weighted by Crippen LogP contribution is 2.33. The molecule has 1 atom stereocenters. The molecular weight excluding hydrogens is 334 g/mol. The maximum Gasteiger partial charge on any atom is 0.337 e. The summed E-state index contributed by atoms with van der Waals surface area (Å²) in [5.74, 6) is -0.914. The van der Waals surface area contributed by atoms with Crippen LogP contribution in [0, 0.1) is 0 Å². The number of anilines is 1. The van der Waals surface area contributed by atoms with Crippen LogP contribution in [0.1, 0.15) is 49.9 Å². The van der Waals surface area contributed by atoms with Crippen LogP contribution in [0.2, 0.25) is 0 Å². The van der Waals surface area contributed by atoms with E-state index in [1.54, 1.807) is 6.07 Å². The molecule has 1 aliphatic heterocycles. The van der Waals surface area contributed by atoms with Crippen LogP contribution in [-0.4, -0.2) is 29.3 Å². The van der Waals surface area contributed by atoms with Crippen LogP contribution in [0.4, 0.5) is 5.69 Å². The third-order valence-corrected chi connectivity index (χ3v) is 4.85. The molecular formula is C16H22BrNO3. The summed E-state index contributed by atoms with van der Waals surface area (Å²) in [7, 11) is 0. The predicted molar refractivity (Wildman–Crippen MR) is 87.0 cm³/mol. The molecule has 0 radical (unpaired) electrons. The van der Waals surface area contributed by atoms with Crippen molar-refractivity contribution in [1.82, 2.24) is 0 Å². The van der Waals surface area contributed by atoms with Gasteiger partial charge in [-0.3, -0.25) is 0 Å². The average Bonchev–Trinajstić information content (AvgIpc) is 2.49. The van der Waals surface area contributed by atoms with E-state index in [0.29, 0.717) is 11.3 Å². The second-order valence-corrected chi connectivity index (χ2v) is 6.48. The lowest BCUT2D eigenvalue weighted by Gasteiger charge is -2.40. The van der Waals surface area contributed by atoms with E-state index in [4.69, 9.17) is 4.74 Å². The molecule has 0 amide bonds. The molecule has 5 heteroatoms. The van der Waals surface area contributed by atoms with Crippen LogP contribution in [0.3, 0.4) is 0 Å². The molecule has 1 aromatic rings. The molecule has 2 N–H and O–H groups in total. The molecule has 0 aliphatic carbocycles. The molecule has 0 aromatic heterocycles. The topological polar surface area (TPSA) is 58.6 Å². The molecule has 116 valence electrons. The predicted octanol–water partition coefficient (Wildman–Crippen LogP) is 4.30. The van der Waals surface area contributed by atoms with Crippen LogP contribution in [0.25, 0.3) is 0 Å². The van der Waals surface area contributed by atoms with Crippen molar-refractivity contribution in [3.05, 3.63) is 28.2 Å². The minimum Gasteiger partial charge on any atom is -0.478 e. The van der Waals surface area contributed by atoms with Gasteiger partial charge < -0.3 is 15.2 Å². The second kappa shape index (κ2) is 6.79. The van der Waals surface area contributed by atoms with Gasteiger partial charge in [-0.25, -0.2) is 4.79 Å². The first kappa shape index (κ1) is 16.3. The van der Waals surface area contributed by atoms with Crippen LogP contribution < -0.4 is 5.32 Å². The van der Waals surface area contributed by atoms with Crippen molar-refractivity contribution in [2.75, 3.05) is 11.9 Å². The number of aromatic carboxylic acids is 1. The molecule has 1 saturated heterocycles. The normalized spacial score (nSPS) is 21.0. The van der Waals surface area contributed by atoms with Crippen molar-refractivity contribution >= 4 is 27.6 Å². The quantitative estimate of drug-likeness (QED) is 0.826. The van der Waals surface area contributed by atoms with E-state index in [0.717, 1.165) is 36.8 Å². The van der Waals surface area contributed by atoms with E-state index in [1.807, 2.05) is 12.1 Å². The minimum absolute atomic E-state index is 0.0747. The molecule has 21 heavy (non-hydrogen) atoms. The number of hydrogen-bond acceptors (Lipinski definition) is 3. The van der Waals surface area contributed by atoms with Crippen LogP contribution in [-0.2, 0) is 4.74 Å². The van der Waals surface area contributed by atoms with Gasteiger partial charge in [0.25, 0.3) is 0 Å². The van der Waals surface area contributed by atoms with Crippen molar-refractivity contribution in [1.29, 1.82) is 0 Å². The van der Waals surface area contributed by atoms with Gasteiger partial charge in [-0.1, -0.05) is 29.8 Å². The largest absolute Gasteiger partial charge is 0.478 e. The Labute approximate surface area is 134 Å². The highest BCUT2D eigenvalue weighted by Gasteiger charge is 2.34. The van der Waals surface area contributed by atoms with Crippen molar-refractivity contribution in [3.8, 4) is 0 Å². The first-order chi connectivity index (χ1) is 9.99. The molecule has 0 saturated carbocycles. The number of benzene rings is 1. The Balaban J connectivity index is 2.16. The lowest BCUT2D eigenvalue weighted by Crippen LogP contribution is -2.43. The van der Waals surface area contributed by atoms with Crippen molar-refractivity contribution in [2.45, 2.75) is 51.2 Å². The fourth-order valence-electron chi connectivity index (χ4n) is 2.93. The molecule has 1 heterocycles. The van der Waals surface area contributed by atoms with E-state index in [2.05, 4.69) is 35.1 Å². The number of carbonyl (C=O) groups is 1. The first-order valence-corrected chi connectivity index (χ1v) is 8.22. The average molecular weight is 356 g/mol. The summed E-state index contributed by atoms with van der Waals surface area (Å²) >= 11 is 3.32. The van der Waals surface area contributed by atoms with Gasteiger partial charge in [-0.2, -0.15) is 0 Å². The number of carboxylic acid groups (broad SMARTS) is 1. The Morgan fingerprint density at radius 2 is 2.19 bits per heavy atom. The fraction of sp³-hybridized carbons (Fsp3) is 0.562. The highest BCUT2D eigenvalue weighted by atomic mass is 79.9. The van der Waals surface area contributed by atoms with Crippen LogP contribution in [0.5, 0.6) is 0 Å². The number of rotatable bonds is 5. The van der Waals surface area contributed by atoms with Gasteiger partial charge in [0.1, 0.15) is 0 Å². The van der Waals surface area contributed by atoms with E-state index >= 15 is 0 Å². The Morgan fingerprint density at radius 1 is 1.48 bits per heavy atom. The molecule has 2 rings (SSSR count). The van der Waals surface area contributed by atoms with Gasteiger partial charge in [0, 0.05) is 22.8 Å². The number of hydrogen-bond donors (Lipinski definition) is 2. The SMILES string of the molecule is CCC1(CC)CC(Nc2ccc(Br)cc2C(=O)O)CCO1. The maximum absolute atomic E-state index is 11.4. The molecule has 1 unspecified atom stereocenters. The van der Waals surface area contributed by atoms with Gasteiger partial charge in [-0.15, -0.1) is 0 Å².